The predicted octanol–water partition coefficient (Wildman–Crippen LogP) is 3.35. The molecule has 0 aliphatic heterocycles. The Hall–Kier alpha value is -0.320. The fourth-order valence-corrected chi connectivity index (χ4v) is 2.74. The minimum atomic E-state index is 0.0892. The second kappa shape index (κ2) is 8.08. The van der Waals surface area contributed by atoms with Crippen LogP contribution in [0, 0.1) is 0 Å². The average Bonchev–Trinajstić information content (AvgIpc) is 2.32. The number of ether oxygens (including phenoxy) is 1. The van der Waals surface area contributed by atoms with Crippen LogP contribution in [0.1, 0.15) is 25.5 Å². The van der Waals surface area contributed by atoms with Crippen molar-refractivity contribution >= 4 is 23.2 Å². The fraction of sp³-hybridized carbons (Fsp3) is 0.571. The minimum Gasteiger partial charge on any atom is -0.383 e. The van der Waals surface area contributed by atoms with E-state index in [1.807, 2.05) is 12.1 Å². The SMILES string of the molecule is COCCN(C(C)C)C(CN)c1cc(Cl)cc(Cl)c1. The van der Waals surface area contributed by atoms with Crippen LogP contribution in [0.4, 0.5) is 0 Å². The monoisotopic (exact) mass is 304 g/mol. The van der Waals surface area contributed by atoms with Gasteiger partial charge in [-0.1, -0.05) is 23.2 Å². The molecule has 108 valence electrons. The van der Waals surface area contributed by atoms with E-state index in [0.717, 1.165) is 12.1 Å². The summed E-state index contributed by atoms with van der Waals surface area (Å²) in [6.07, 6.45) is 0. The number of hydrogen-bond donors (Lipinski definition) is 1. The van der Waals surface area contributed by atoms with Crippen LogP contribution in [-0.4, -0.2) is 37.7 Å². The molecular formula is C14H22Cl2N2O. The van der Waals surface area contributed by atoms with Gasteiger partial charge >= 0.3 is 0 Å². The van der Waals surface area contributed by atoms with E-state index in [2.05, 4.69) is 18.7 Å². The Bertz CT molecular complexity index is 379. The van der Waals surface area contributed by atoms with Gasteiger partial charge in [-0.25, -0.2) is 0 Å². The molecule has 3 nitrogen and oxygen atoms in total. The Morgan fingerprint density at radius 3 is 2.21 bits per heavy atom. The van der Waals surface area contributed by atoms with E-state index in [-0.39, 0.29) is 6.04 Å². The van der Waals surface area contributed by atoms with Crippen LogP contribution in [0.2, 0.25) is 10.0 Å². The maximum atomic E-state index is 6.07. The van der Waals surface area contributed by atoms with Gasteiger partial charge < -0.3 is 10.5 Å². The molecule has 2 N–H and O–H groups in total. The molecule has 1 rings (SSSR count). The molecule has 0 saturated heterocycles. The van der Waals surface area contributed by atoms with Gasteiger partial charge in [0, 0.05) is 42.3 Å². The lowest BCUT2D eigenvalue weighted by atomic mass is 10.0. The first-order valence-corrected chi connectivity index (χ1v) is 7.16. The van der Waals surface area contributed by atoms with Crippen LogP contribution in [0.15, 0.2) is 18.2 Å². The molecule has 1 unspecified atom stereocenters. The van der Waals surface area contributed by atoms with Crippen LogP contribution >= 0.6 is 23.2 Å². The maximum Gasteiger partial charge on any atom is 0.0590 e. The topological polar surface area (TPSA) is 38.5 Å². The number of halogens is 2. The molecule has 5 heteroatoms. The molecule has 19 heavy (non-hydrogen) atoms. The van der Waals surface area contributed by atoms with Crippen LogP contribution < -0.4 is 5.73 Å². The van der Waals surface area contributed by atoms with Crippen molar-refractivity contribution in [3.05, 3.63) is 33.8 Å². The Labute approximate surface area is 125 Å². The lowest BCUT2D eigenvalue weighted by molar-refractivity contribution is 0.0979. The van der Waals surface area contributed by atoms with Crippen LogP contribution in [0.5, 0.6) is 0 Å². The third-order valence-electron chi connectivity index (χ3n) is 3.11. The van der Waals surface area contributed by atoms with Crippen molar-refractivity contribution in [2.75, 3.05) is 26.8 Å². The van der Waals surface area contributed by atoms with E-state index in [9.17, 15) is 0 Å². The minimum absolute atomic E-state index is 0.0892. The molecular weight excluding hydrogens is 283 g/mol. The molecule has 0 saturated carbocycles. The van der Waals surface area contributed by atoms with Crippen molar-refractivity contribution < 1.29 is 4.74 Å². The predicted molar refractivity (Wildman–Crippen MR) is 82.0 cm³/mol. The number of rotatable bonds is 7. The van der Waals surface area contributed by atoms with Gasteiger partial charge in [-0.2, -0.15) is 0 Å². The summed E-state index contributed by atoms with van der Waals surface area (Å²) in [6, 6.07) is 6.03. The molecule has 0 spiro atoms. The highest BCUT2D eigenvalue weighted by molar-refractivity contribution is 6.34. The number of methoxy groups -OCH3 is 1. The largest absolute Gasteiger partial charge is 0.383 e. The first-order chi connectivity index (χ1) is 8.99. The van der Waals surface area contributed by atoms with Gasteiger partial charge in [0.2, 0.25) is 0 Å². The van der Waals surface area contributed by atoms with E-state index in [4.69, 9.17) is 33.7 Å². The summed E-state index contributed by atoms with van der Waals surface area (Å²) in [6.45, 7) is 6.29. The van der Waals surface area contributed by atoms with Crippen LogP contribution in [0.25, 0.3) is 0 Å². The van der Waals surface area contributed by atoms with Gasteiger partial charge in [-0.15, -0.1) is 0 Å². The van der Waals surface area contributed by atoms with Gasteiger partial charge in [0.05, 0.1) is 6.61 Å². The molecule has 0 aromatic heterocycles. The third kappa shape index (κ3) is 4.93. The van der Waals surface area contributed by atoms with E-state index in [0.29, 0.717) is 29.2 Å². The van der Waals surface area contributed by atoms with Crippen molar-refractivity contribution in [2.45, 2.75) is 25.9 Å². The van der Waals surface area contributed by atoms with Crippen molar-refractivity contribution in [3.8, 4) is 0 Å². The fourth-order valence-electron chi connectivity index (χ4n) is 2.20. The van der Waals surface area contributed by atoms with Gasteiger partial charge in [-0.05, 0) is 37.6 Å². The summed E-state index contributed by atoms with van der Waals surface area (Å²) in [5.41, 5.74) is 6.99. The molecule has 0 aliphatic carbocycles. The molecule has 0 radical (unpaired) electrons. The lowest BCUT2D eigenvalue weighted by Gasteiger charge is -2.34. The molecule has 1 atom stereocenters. The Morgan fingerprint density at radius 1 is 1.21 bits per heavy atom. The summed E-state index contributed by atoms with van der Waals surface area (Å²) in [5, 5.41) is 1.27. The van der Waals surface area contributed by atoms with Gasteiger partial charge in [0.15, 0.2) is 0 Å². The number of nitrogens with two attached hydrogens (primary N) is 1. The summed E-state index contributed by atoms with van der Waals surface area (Å²) in [5.74, 6) is 0. The lowest BCUT2D eigenvalue weighted by Crippen LogP contribution is -2.40. The van der Waals surface area contributed by atoms with E-state index < -0.39 is 0 Å². The zero-order chi connectivity index (χ0) is 14.4. The highest BCUT2D eigenvalue weighted by Crippen LogP contribution is 2.27. The molecule has 0 fully saturated rings. The van der Waals surface area contributed by atoms with Crippen LogP contribution in [0.3, 0.4) is 0 Å². The van der Waals surface area contributed by atoms with Crippen molar-refractivity contribution in [3.63, 3.8) is 0 Å². The zero-order valence-corrected chi connectivity index (χ0v) is 13.2. The summed E-state index contributed by atoms with van der Waals surface area (Å²) in [7, 11) is 1.70. The first-order valence-electron chi connectivity index (χ1n) is 6.40. The molecule has 1 aromatic carbocycles. The standard InChI is InChI=1S/C14H22Cl2N2O/c1-10(2)18(4-5-19-3)14(9-17)11-6-12(15)8-13(16)7-11/h6-8,10,14H,4-5,9,17H2,1-3H3. The average molecular weight is 305 g/mol. The number of benzene rings is 1. The summed E-state index contributed by atoms with van der Waals surface area (Å²) in [4.78, 5) is 2.30. The van der Waals surface area contributed by atoms with Gasteiger partial charge in [0.25, 0.3) is 0 Å². The summed E-state index contributed by atoms with van der Waals surface area (Å²) >= 11 is 12.1. The number of nitrogens with zero attached hydrogens (tertiary/aromatic N) is 1. The smallest absolute Gasteiger partial charge is 0.0590 e. The third-order valence-corrected chi connectivity index (χ3v) is 3.55. The quantitative estimate of drug-likeness (QED) is 0.839. The molecule has 0 aliphatic rings. The Kier molecular flexibility index (Phi) is 7.11. The van der Waals surface area contributed by atoms with Gasteiger partial charge in [-0.3, -0.25) is 4.90 Å². The number of hydrogen-bond acceptors (Lipinski definition) is 3. The van der Waals surface area contributed by atoms with Crippen molar-refractivity contribution in [1.82, 2.24) is 4.90 Å². The highest BCUT2D eigenvalue weighted by Gasteiger charge is 2.22. The van der Waals surface area contributed by atoms with Crippen LogP contribution in [-0.2, 0) is 4.74 Å². The Balaban J connectivity index is 3.01. The Morgan fingerprint density at radius 2 is 1.79 bits per heavy atom. The van der Waals surface area contributed by atoms with Crippen molar-refractivity contribution in [1.29, 1.82) is 0 Å². The molecule has 1 aromatic rings. The molecule has 0 heterocycles. The van der Waals surface area contributed by atoms with Gasteiger partial charge in [0.1, 0.15) is 0 Å². The van der Waals surface area contributed by atoms with E-state index in [1.54, 1.807) is 13.2 Å². The maximum absolute atomic E-state index is 6.07. The second-order valence-corrected chi connectivity index (χ2v) is 5.65. The molecule has 0 bridgehead atoms. The highest BCUT2D eigenvalue weighted by atomic mass is 35.5. The molecule has 0 amide bonds. The van der Waals surface area contributed by atoms with E-state index in [1.165, 1.54) is 0 Å². The normalized spacial score (nSPS) is 13.3. The zero-order valence-electron chi connectivity index (χ0n) is 11.7. The second-order valence-electron chi connectivity index (χ2n) is 4.78. The summed E-state index contributed by atoms with van der Waals surface area (Å²) < 4.78 is 5.17. The van der Waals surface area contributed by atoms with Crippen molar-refractivity contribution in [2.24, 2.45) is 5.73 Å². The first kappa shape index (κ1) is 16.7. The van der Waals surface area contributed by atoms with E-state index >= 15 is 0 Å².